The normalized spacial score (nSPS) is 23.9. The minimum absolute atomic E-state index is 0.155. The SMILES string of the molecule is COC1=N[C@@H](Cc2ccccc2)[C@H](C(F)(F)F)C1. The lowest BCUT2D eigenvalue weighted by molar-refractivity contribution is -0.175. The van der Waals surface area contributed by atoms with Gasteiger partial charge in [-0.05, 0) is 12.0 Å². The lowest BCUT2D eigenvalue weighted by Crippen LogP contribution is -2.31. The van der Waals surface area contributed by atoms with Crippen LogP contribution in [0.3, 0.4) is 0 Å². The Hall–Kier alpha value is -1.52. The van der Waals surface area contributed by atoms with E-state index in [1.165, 1.54) is 7.11 Å². The number of nitrogens with zero attached hydrogens (tertiary/aromatic N) is 1. The summed E-state index contributed by atoms with van der Waals surface area (Å²) in [6, 6.07) is 8.31. The minimum atomic E-state index is -4.23. The first-order valence-corrected chi connectivity index (χ1v) is 5.72. The molecule has 18 heavy (non-hydrogen) atoms. The highest BCUT2D eigenvalue weighted by Gasteiger charge is 2.48. The molecule has 0 N–H and O–H groups in total. The first-order valence-electron chi connectivity index (χ1n) is 5.72. The zero-order valence-electron chi connectivity index (χ0n) is 9.95. The predicted molar refractivity (Wildman–Crippen MR) is 62.5 cm³/mol. The number of hydrogen-bond donors (Lipinski definition) is 0. The second kappa shape index (κ2) is 5.00. The Morgan fingerprint density at radius 2 is 1.94 bits per heavy atom. The lowest BCUT2D eigenvalue weighted by Gasteiger charge is -2.20. The van der Waals surface area contributed by atoms with Crippen molar-refractivity contribution in [3.8, 4) is 0 Å². The number of methoxy groups -OCH3 is 1. The maximum absolute atomic E-state index is 12.9. The number of hydrogen-bond acceptors (Lipinski definition) is 2. The molecular weight excluding hydrogens is 243 g/mol. The van der Waals surface area contributed by atoms with Gasteiger partial charge in [0.15, 0.2) is 5.90 Å². The molecule has 0 unspecified atom stereocenters. The molecule has 0 amide bonds. The highest BCUT2D eigenvalue weighted by Crippen LogP contribution is 2.38. The molecule has 5 heteroatoms. The summed E-state index contributed by atoms with van der Waals surface area (Å²) in [6.45, 7) is 0. The molecule has 0 spiro atoms. The van der Waals surface area contributed by atoms with Crippen LogP contribution in [0.1, 0.15) is 12.0 Å². The number of aliphatic imine (C=N–C) groups is 1. The summed E-state index contributed by atoms with van der Waals surface area (Å²) >= 11 is 0. The maximum atomic E-state index is 12.9. The molecule has 0 saturated carbocycles. The monoisotopic (exact) mass is 257 g/mol. The van der Waals surface area contributed by atoms with Gasteiger partial charge in [0, 0.05) is 6.42 Å². The largest absolute Gasteiger partial charge is 0.484 e. The van der Waals surface area contributed by atoms with Crippen LogP contribution in [-0.4, -0.2) is 25.2 Å². The first-order chi connectivity index (χ1) is 8.50. The van der Waals surface area contributed by atoms with Gasteiger partial charge in [0.2, 0.25) is 0 Å². The molecule has 1 heterocycles. The van der Waals surface area contributed by atoms with E-state index in [9.17, 15) is 13.2 Å². The van der Waals surface area contributed by atoms with Crippen molar-refractivity contribution in [3.63, 3.8) is 0 Å². The molecule has 98 valence electrons. The fourth-order valence-electron chi connectivity index (χ4n) is 2.17. The Labute approximate surface area is 103 Å². The number of rotatable bonds is 2. The smallest absolute Gasteiger partial charge is 0.394 e. The van der Waals surface area contributed by atoms with Gasteiger partial charge in [-0.2, -0.15) is 13.2 Å². The molecule has 1 aliphatic rings. The second-order valence-corrected chi connectivity index (χ2v) is 4.34. The van der Waals surface area contributed by atoms with E-state index in [0.717, 1.165) is 5.56 Å². The van der Waals surface area contributed by atoms with Gasteiger partial charge in [0.25, 0.3) is 0 Å². The van der Waals surface area contributed by atoms with Crippen molar-refractivity contribution >= 4 is 5.90 Å². The predicted octanol–water partition coefficient (Wildman–Crippen LogP) is 3.22. The third-order valence-electron chi connectivity index (χ3n) is 3.11. The van der Waals surface area contributed by atoms with Gasteiger partial charge in [0.1, 0.15) is 0 Å². The van der Waals surface area contributed by atoms with Gasteiger partial charge < -0.3 is 4.74 Å². The van der Waals surface area contributed by atoms with Crippen molar-refractivity contribution in [1.82, 2.24) is 0 Å². The summed E-state index contributed by atoms with van der Waals surface area (Å²) in [5.74, 6) is -1.24. The molecule has 0 aliphatic carbocycles. The highest BCUT2D eigenvalue weighted by atomic mass is 19.4. The van der Waals surface area contributed by atoms with Crippen LogP contribution in [-0.2, 0) is 11.2 Å². The van der Waals surface area contributed by atoms with Crippen LogP contribution in [0.2, 0.25) is 0 Å². The van der Waals surface area contributed by atoms with Gasteiger partial charge in [-0.1, -0.05) is 30.3 Å². The highest BCUT2D eigenvalue weighted by molar-refractivity contribution is 5.78. The van der Waals surface area contributed by atoms with Crippen molar-refractivity contribution in [3.05, 3.63) is 35.9 Å². The number of alkyl halides is 3. The van der Waals surface area contributed by atoms with Crippen molar-refractivity contribution in [2.45, 2.75) is 25.1 Å². The molecule has 1 aromatic carbocycles. The molecule has 0 radical (unpaired) electrons. The zero-order chi connectivity index (χ0) is 13.2. The Kier molecular flexibility index (Phi) is 3.59. The van der Waals surface area contributed by atoms with Crippen LogP contribution < -0.4 is 0 Å². The van der Waals surface area contributed by atoms with Crippen LogP contribution in [0.5, 0.6) is 0 Å². The number of ether oxygens (including phenoxy) is 1. The van der Waals surface area contributed by atoms with Gasteiger partial charge >= 0.3 is 6.18 Å². The van der Waals surface area contributed by atoms with Crippen LogP contribution in [0.4, 0.5) is 13.2 Å². The topological polar surface area (TPSA) is 21.6 Å². The minimum Gasteiger partial charge on any atom is -0.484 e. The van der Waals surface area contributed by atoms with E-state index >= 15 is 0 Å². The molecule has 0 aromatic heterocycles. The summed E-state index contributed by atoms with van der Waals surface area (Å²) in [4.78, 5) is 4.02. The van der Waals surface area contributed by atoms with Crippen LogP contribution in [0, 0.1) is 5.92 Å². The van der Waals surface area contributed by atoms with Gasteiger partial charge in [0.05, 0.1) is 19.1 Å². The third kappa shape index (κ3) is 2.83. The Bertz CT molecular complexity index is 428. The summed E-state index contributed by atoms with van der Waals surface area (Å²) < 4.78 is 43.5. The molecular formula is C13H14F3NO. The van der Waals surface area contributed by atoms with E-state index in [2.05, 4.69) is 4.99 Å². The number of halogens is 3. The summed E-state index contributed by atoms with van der Waals surface area (Å²) in [5, 5.41) is 0. The van der Waals surface area contributed by atoms with Crippen molar-refractivity contribution < 1.29 is 17.9 Å². The lowest BCUT2D eigenvalue weighted by atomic mass is 9.93. The fourth-order valence-corrected chi connectivity index (χ4v) is 2.17. The second-order valence-electron chi connectivity index (χ2n) is 4.34. The zero-order valence-corrected chi connectivity index (χ0v) is 9.95. The average molecular weight is 257 g/mol. The molecule has 1 aromatic rings. The van der Waals surface area contributed by atoms with E-state index in [1.807, 2.05) is 30.3 Å². The average Bonchev–Trinajstić information content (AvgIpc) is 2.73. The Balaban J connectivity index is 2.15. The van der Waals surface area contributed by atoms with E-state index in [1.54, 1.807) is 0 Å². The van der Waals surface area contributed by atoms with E-state index in [-0.39, 0.29) is 18.7 Å². The Morgan fingerprint density at radius 1 is 1.28 bits per heavy atom. The van der Waals surface area contributed by atoms with E-state index in [0.29, 0.717) is 0 Å². The van der Waals surface area contributed by atoms with Crippen molar-refractivity contribution in [2.75, 3.05) is 7.11 Å². The summed E-state index contributed by atoms with van der Waals surface area (Å²) in [5.41, 5.74) is 0.859. The van der Waals surface area contributed by atoms with Gasteiger partial charge in [-0.25, -0.2) is 0 Å². The van der Waals surface area contributed by atoms with Gasteiger partial charge in [-0.3, -0.25) is 4.99 Å². The molecule has 0 saturated heterocycles. The fraction of sp³-hybridized carbons (Fsp3) is 0.462. The molecule has 2 nitrogen and oxygen atoms in total. The number of benzene rings is 1. The molecule has 2 rings (SSSR count). The molecule has 1 aliphatic heterocycles. The third-order valence-corrected chi connectivity index (χ3v) is 3.11. The van der Waals surface area contributed by atoms with Crippen LogP contribution in [0.25, 0.3) is 0 Å². The Morgan fingerprint density at radius 3 is 2.50 bits per heavy atom. The van der Waals surface area contributed by atoms with Gasteiger partial charge in [-0.15, -0.1) is 0 Å². The summed E-state index contributed by atoms with van der Waals surface area (Å²) in [7, 11) is 1.36. The van der Waals surface area contributed by atoms with E-state index < -0.39 is 18.1 Å². The van der Waals surface area contributed by atoms with E-state index in [4.69, 9.17) is 4.74 Å². The van der Waals surface area contributed by atoms with Crippen LogP contribution in [0.15, 0.2) is 35.3 Å². The van der Waals surface area contributed by atoms with Crippen molar-refractivity contribution in [1.29, 1.82) is 0 Å². The molecule has 0 bridgehead atoms. The molecule has 0 fully saturated rings. The van der Waals surface area contributed by atoms with Crippen molar-refractivity contribution in [2.24, 2.45) is 10.9 Å². The molecule has 2 atom stereocenters. The summed E-state index contributed by atoms with van der Waals surface area (Å²) in [6.07, 6.45) is -4.10. The van der Waals surface area contributed by atoms with Crippen LogP contribution >= 0.6 is 0 Å². The maximum Gasteiger partial charge on any atom is 0.394 e. The first kappa shape index (κ1) is 12.9. The quantitative estimate of drug-likeness (QED) is 0.797. The standard InChI is InChI=1S/C13H14F3NO/c1-18-12-8-10(13(14,15)16)11(17-12)7-9-5-3-2-4-6-9/h2-6,10-11H,7-8H2,1H3/t10-,11+/m1/s1.